The predicted octanol–water partition coefficient (Wildman–Crippen LogP) is 2.18. The number of halogens is 1. The molecule has 0 aromatic carbocycles. The molecule has 1 N–H and O–H groups in total. The number of carboxylic acid groups (broad SMARTS) is 1. The molecule has 0 saturated carbocycles. The lowest BCUT2D eigenvalue weighted by Crippen LogP contribution is -2.08. The summed E-state index contributed by atoms with van der Waals surface area (Å²) in [7, 11) is 0. The Kier molecular flexibility index (Phi) is 3.39. The minimum atomic E-state index is -1.44. The van der Waals surface area contributed by atoms with Crippen molar-refractivity contribution in [3.05, 3.63) is 26.9 Å². The van der Waals surface area contributed by atoms with E-state index in [1.54, 1.807) is 6.07 Å². The van der Waals surface area contributed by atoms with E-state index < -0.39 is 11.8 Å². The molecule has 0 amide bonds. The van der Waals surface area contributed by atoms with Gasteiger partial charge in [-0.3, -0.25) is 4.79 Å². The Morgan fingerprint density at radius 2 is 2.23 bits per heavy atom. The van der Waals surface area contributed by atoms with Gasteiger partial charge in [0.05, 0.1) is 0 Å². The fraction of sp³-hybridized carbons (Fsp3) is 0. The lowest BCUT2D eigenvalue weighted by molar-refractivity contribution is -0.146. The third-order valence-corrected chi connectivity index (χ3v) is 2.86. The Labute approximate surface area is 86.8 Å². The maximum atomic E-state index is 10.6. The Morgan fingerprint density at radius 1 is 1.54 bits per heavy atom. The van der Waals surface area contributed by atoms with E-state index in [4.69, 9.17) is 5.11 Å². The van der Waals surface area contributed by atoms with Crippen molar-refractivity contribution in [2.75, 3.05) is 0 Å². The normalized spacial score (nSPS) is 10.5. The summed E-state index contributed by atoms with van der Waals surface area (Å²) < 4.78 is 0.917. The third kappa shape index (κ3) is 3.12. The zero-order valence-electron chi connectivity index (χ0n) is 6.36. The fourth-order valence-corrected chi connectivity index (χ4v) is 1.98. The summed E-state index contributed by atoms with van der Waals surface area (Å²) in [4.78, 5) is 21.6. The zero-order chi connectivity index (χ0) is 9.84. The van der Waals surface area contributed by atoms with Gasteiger partial charge < -0.3 is 5.11 Å². The molecule has 0 bridgehead atoms. The minimum absolute atomic E-state index is 0.835. The molecule has 0 aliphatic carbocycles. The van der Waals surface area contributed by atoms with Crippen LogP contribution in [0.25, 0.3) is 6.08 Å². The van der Waals surface area contributed by atoms with Crippen LogP contribution in [0, 0.1) is 0 Å². The molecule has 0 aliphatic heterocycles. The van der Waals surface area contributed by atoms with Gasteiger partial charge in [-0.1, -0.05) is 0 Å². The van der Waals surface area contributed by atoms with E-state index in [0.717, 1.165) is 15.4 Å². The topological polar surface area (TPSA) is 54.4 Å². The molecular formula is C8H5BrO3S. The van der Waals surface area contributed by atoms with Gasteiger partial charge in [-0.25, -0.2) is 4.79 Å². The van der Waals surface area contributed by atoms with Crippen LogP contribution in [0.4, 0.5) is 0 Å². The molecule has 0 atom stereocenters. The van der Waals surface area contributed by atoms with Gasteiger partial charge >= 0.3 is 5.97 Å². The molecule has 0 aliphatic rings. The van der Waals surface area contributed by atoms with Crippen LogP contribution in [-0.2, 0) is 9.59 Å². The molecule has 68 valence electrons. The first kappa shape index (κ1) is 10.1. The van der Waals surface area contributed by atoms with Crippen LogP contribution >= 0.6 is 27.3 Å². The van der Waals surface area contributed by atoms with E-state index in [1.807, 2.05) is 5.38 Å². The zero-order valence-corrected chi connectivity index (χ0v) is 8.76. The predicted molar refractivity (Wildman–Crippen MR) is 53.7 cm³/mol. The monoisotopic (exact) mass is 260 g/mol. The van der Waals surface area contributed by atoms with Gasteiger partial charge in [-0.2, -0.15) is 0 Å². The van der Waals surface area contributed by atoms with Crippen LogP contribution in [0.15, 0.2) is 22.0 Å². The lowest BCUT2D eigenvalue weighted by atomic mass is 10.3. The maximum absolute atomic E-state index is 10.6. The fourth-order valence-electron chi connectivity index (χ4n) is 0.645. The summed E-state index contributed by atoms with van der Waals surface area (Å²) in [5.41, 5.74) is 0. The number of aliphatic carboxylic acids is 1. The number of carboxylic acids is 1. The molecule has 1 aromatic rings. The van der Waals surface area contributed by atoms with E-state index >= 15 is 0 Å². The second kappa shape index (κ2) is 4.34. The van der Waals surface area contributed by atoms with E-state index in [2.05, 4.69) is 15.9 Å². The van der Waals surface area contributed by atoms with Crippen LogP contribution in [0.2, 0.25) is 0 Å². The van der Waals surface area contributed by atoms with Crippen molar-refractivity contribution in [1.29, 1.82) is 0 Å². The summed E-state index contributed by atoms with van der Waals surface area (Å²) >= 11 is 4.67. The van der Waals surface area contributed by atoms with Gasteiger partial charge in [0.25, 0.3) is 5.78 Å². The first-order valence-corrected chi connectivity index (χ1v) is 4.96. The molecule has 0 saturated heterocycles. The molecular weight excluding hydrogens is 256 g/mol. The number of ketones is 1. The van der Waals surface area contributed by atoms with Crippen molar-refractivity contribution in [2.45, 2.75) is 0 Å². The van der Waals surface area contributed by atoms with Crippen molar-refractivity contribution in [3.63, 3.8) is 0 Å². The smallest absolute Gasteiger partial charge is 0.376 e. The van der Waals surface area contributed by atoms with E-state index in [-0.39, 0.29) is 0 Å². The second-order valence-corrected chi connectivity index (χ2v) is 4.03. The highest BCUT2D eigenvalue weighted by molar-refractivity contribution is 9.10. The molecule has 1 rings (SSSR count). The van der Waals surface area contributed by atoms with Crippen molar-refractivity contribution in [1.82, 2.24) is 0 Å². The van der Waals surface area contributed by atoms with Gasteiger partial charge in [0, 0.05) is 14.7 Å². The summed E-state index contributed by atoms with van der Waals surface area (Å²) in [6.45, 7) is 0. The van der Waals surface area contributed by atoms with Gasteiger partial charge in [0.2, 0.25) is 0 Å². The molecule has 0 radical (unpaired) electrons. The molecule has 0 unspecified atom stereocenters. The molecule has 1 aromatic heterocycles. The van der Waals surface area contributed by atoms with Crippen molar-refractivity contribution in [2.24, 2.45) is 0 Å². The first-order valence-electron chi connectivity index (χ1n) is 3.29. The molecule has 1 heterocycles. The number of hydrogen-bond acceptors (Lipinski definition) is 3. The van der Waals surface area contributed by atoms with Crippen LogP contribution < -0.4 is 0 Å². The number of carbonyl (C=O) groups excluding carboxylic acids is 1. The molecule has 3 nitrogen and oxygen atoms in total. The Bertz CT molecular complexity index is 367. The molecule has 5 heteroatoms. The molecule has 0 fully saturated rings. The summed E-state index contributed by atoms with van der Waals surface area (Å²) in [6, 6.07) is 1.80. The van der Waals surface area contributed by atoms with Gasteiger partial charge in [0.15, 0.2) is 0 Å². The quantitative estimate of drug-likeness (QED) is 0.670. The lowest BCUT2D eigenvalue weighted by Gasteiger charge is -1.83. The van der Waals surface area contributed by atoms with Gasteiger partial charge in [0.1, 0.15) is 0 Å². The number of rotatable bonds is 3. The first-order chi connectivity index (χ1) is 6.09. The van der Waals surface area contributed by atoms with Gasteiger partial charge in [-0.15, -0.1) is 11.3 Å². The summed E-state index contributed by atoms with van der Waals surface area (Å²) in [5, 5.41) is 10.1. The average Bonchev–Trinajstić information content (AvgIpc) is 2.47. The number of thiophene rings is 1. The van der Waals surface area contributed by atoms with Crippen molar-refractivity contribution in [3.8, 4) is 0 Å². The minimum Gasteiger partial charge on any atom is -0.475 e. The SMILES string of the molecule is O=C(O)C(=O)/C=C/c1cc(Br)cs1. The third-order valence-electron chi connectivity index (χ3n) is 1.20. The number of hydrogen-bond donors (Lipinski definition) is 1. The highest BCUT2D eigenvalue weighted by Gasteiger charge is 2.05. The van der Waals surface area contributed by atoms with Crippen LogP contribution in [0.5, 0.6) is 0 Å². The van der Waals surface area contributed by atoms with Crippen LogP contribution in [0.1, 0.15) is 4.88 Å². The molecule has 0 spiro atoms. The van der Waals surface area contributed by atoms with Crippen molar-refractivity contribution < 1.29 is 14.7 Å². The molecule has 13 heavy (non-hydrogen) atoms. The Balaban J connectivity index is 2.69. The van der Waals surface area contributed by atoms with E-state index in [0.29, 0.717) is 0 Å². The highest BCUT2D eigenvalue weighted by atomic mass is 79.9. The Hall–Kier alpha value is -0.940. The highest BCUT2D eigenvalue weighted by Crippen LogP contribution is 2.20. The largest absolute Gasteiger partial charge is 0.475 e. The second-order valence-electron chi connectivity index (χ2n) is 2.17. The van der Waals surface area contributed by atoms with Gasteiger partial charge in [-0.05, 0) is 34.1 Å². The maximum Gasteiger partial charge on any atom is 0.376 e. The average molecular weight is 261 g/mol. The standard InChI is InChI=1S/C8H5BrO3S/c9-5-3-6(13-4-5)1-2-7(10)8(11)12/h1-4H,(H,11,12)/b2-1+. The van der Waals surface area contributed by atoms with Crippen LogP contribution in [-0.4, -0.2) is 16.9 Å². The number of carbonyl (C=O) groups is 2. The summed E-state index contributed by atoms with van der Waals surface area (Å²) in [5.74, 6) is -2.35. The van der Waals surface area contributed by atoms with Crippen molar-refractivity contribution >= 4 is 45.1 Å². The summed E-state index contributed by atoms with van der Waals surface area (Å²) in [6.07, 6.45) is 2.52. The van der Waals surface area contributed by atoms with Crippen LogP contribution in [0.3, 0.4) is 0 Å². The van der Waals surface area contributed by atoms with E-state index in [9.17, 15) is 9.59 Å². The Morgan fingerprint density at radius 3 is 2.69 bits per heavy atom. The van der Waals surface area contributed by atoms with E-state index in [1.165, 1.54) is 17.4 Å².